The SMILES string of the molecule is COc1ccccc1N(C(=O)c1csnn1)[C@H](C(=O)NC(C)(C)C)c1ccc(C)cc1. The molecule has 0 bridgehead atoms. The molecule has 0 aliphatic rings. The number of para-hydroxylation sites is 2. The first-order chi connectivity index (χ1) is 14.7. The Bertz CT molecular complexity index is 1040. The van der Waals surface area contributed by atoms with Crippen LogP contribution in [-0.4, -0.2) is 34.1 Å². The number of nitrogens with zero attached hydrogens (tertiary/aromatic N) is 3. The normalized spacial score (nSPS) is 12.2. The lowest BCUT2D eigenvalue weighted by Gasteiger charge is -2.34. The van der Waals surface area contributed by atoms with Gasteiger partial charge in [-0.2, -0.15) is 0 Å². The smallest absolute Gasteiger partial charge is 0.280 e. The number of anilines is 1. The van der Waals surface area contributed by atoms with Gasteiger partial charge in [-0.25, -0.2) is 0 Å². The van der Waals surface area contributed by atoms with Crippen LogP contribution in [0.2, 0.25) is 0 Å². The maximum absolute atomic E-state index is 13.6. The van der Waals surface area contributed by atoms with E-state index in [4.69, 9.17) is 4.74 Å². The van der Waals surface area contributed by atoms with Crippen molar-refractivity contribution in [2.75, 3.05) is 12.0 Å². The minimum absolute atomic E-state index is 0.163. The van der Waals surface area contributed by atoms with Gasteiger partial charge in [-0.15, -0.1) is 5.10 Å². The van der Waals surface area contributed by atoms with Gasteiger partial charge >= 0.3 is 0 Å². The fourth-order valence-corrected chi connectivity index (χ4v) is 3.61. The van der Waals surface area contributed by atoms with E-state index in [1.54, 1.807) is 23.6 Å². The van der Waals surface area contributed by atoms with Crippen molar-refractivity contribution in [3.8, 4) is 5.75 Å². The van der Waals surface area contributed by atoms with Crippen molar-refractivity contribution in [2.24, 2.45) is 0 Å². The van der Waals surface area contributed by atoms with Gasteiger partial charge < -0.3 is 10.1 Å². The molecule has 0 radical (unpaired) electrons. The van der Waals surface area contributed by atoms with Crippen LogP contribution < -0.4 is 15.0 Å². The molecule has 3 rings (SSSR count). The molecular weight excluding hydrogens is 412 g/mol. The van der Waals surface area contributed by atoms with Gasteiger partial charge in [0.25, 0.3) is 5.91 Å². The van der Waals surface area contributed by atoms with Gasteiger partial charge in [-0.1, -0.05) is 46.4 Å². The highest BCUT2D eigenvalue weighted by molar-refractivity contribution is 7.03. The second-order valence-electron chi connectivity index (χ2n) is 8.19. The highest BCUT2D eigenvalue weighted by atomic mass is 32.1. The summed E-state index contributed by atoms with van der Waals surface area (Å²) in [6.07, 6.45) is 0. The third kappa shape index (κ3) is 5.27. The number of rotatable bonds is 6. The largest absolute Gasteiger partial charge is 0.495 e. The topological polar surface area (TPSA) is 84.4 Å². The molecule has 0 unspecified atom stereocenters. The molecule has 162 valence electrons. The van der Waals surface area contributed by atoms with Gasteiger partial charge in [0.15, 0.2) is 5.69 Å². The van der Waals surface area contributed by atoms with Gasteiger partial charge in [-0.05, 0) is 56.9 Å². The van der Waals surface area contributed by atoms with Gasteiger partial charge in [0, 0.05) is 10.9 Å². The van der Waals surface area contributed by atoms with E-state index in [1.165, 1.54) is 12.0 Å². The Morgan fingerprint density at radius 1 is 1.10 bits per heavy atom. The Morgan fingerprint density at radius 2 is 1.77 bits per heavy atom. The van der Waals surface area contributed by atoms with E-state index in [2.05, 4.69) is 14.9 Å². The molecule has 7 nitrogen and oxygen atoms in total. The van der Waals surface area contributed by atoms with Crippen LogP contribution in [0.25, 0.3) is 0 Å². The third-order valence-corrected chi connectivity index (χ3v) is 5.05. The number of hydrogen-bond acceptors (Lipinski definition) is 6. The molecule has 1 atom stereocenters. The number of methoxy groups -OCH3 is 1. The van der Waals surface area contributed by atoms with E-state index in [0.29, 0.717) is 17.0 Å². The lowest BCUT2D eigenvalue weighted by molar-refractivity contribution is -0.123. The maximum atomic E-state index is 13.6. The maximum Gasteiger partial charge on any atom is 0.280 e. The number of carbonyl (C=O) groups is 2. The number of aryl methyl sites for hydroxylation is 1. The highest BCUT2D eigenvalue weighted by Gasteiger charge is 2.37. The Labute approximate surface area is 186 Å². The Morgan fingerprint density at radius 3 is 2.35 bits per heavy atom. The summed E-state index contributed by atoms with van der Waals surface area (Å²) in [6.45, 7) is 7.67. The second-order valence-corrected chi connectivity index (χ2v) is 8.80. The average molecular weight is 439 g/mol. The lowest BCUT2D eigenvalue weighted by atomic mass is 9.99. The van der Waals surface area contributed by atoms with Crippen molar-refractivity contribution in [1.29, 1.82) is 0 Å². The van der Waals surface area contributed by atoms with Crippen molar-refractivity contribution in [3.63, 3.8) is 0 Å². The molecule has 2 aromatic carbocycles. The van der Waals surface area contributed by atoms with Gasteiger partial charge in [-0.3, -0.25) is 14.5 Å². The van der Waals surface area contributed by atoms with Crippen LogP contribution in [0.3, 0.4) is 0 Å². The minimum atomic E-state index is -0.940. The average Bonchev–Trinajstić information content (AvgIpc) is 3.26. The first-order valence-electron chi connectivity index (χ1n) is 9.83. The predicted molar refractivity (Wildman–Crippen MR) is 122 cm³/mol. The molecule has 0 saturated heterocycles. The van der Waals surface area contributed by atoms with Crippen LogP contribution in [0.5, 0.6) is 5.75 Å². The molecule has 1 aromatic heterocycles. The van der Waals surface area contributed by atoms with E-state index < -0.39 is 17.5 Å². The fraction of sp³-hybridized carbons (Fsp3) is 0.304. The molecule has 8 heteroatoms. The molecule has 2 amide bonds. The number of ether oxygens (including phenoxy) is 1. The van der Waals surface area contributed by atoms with Crippen molar-refractivity contribution >= 4 is 29.0 Å². The Hall–Kier alpha value is -3.26. The Kier molecular flexibility index (Phi) is 6.70. The highest BCUT2D eigenvalue weighted by Crippen LogP contribution is 2.36. The molecule has 0 aliphatic carbocycles. The molecular formula is C23H26N4O3S. The first kappa shape index (κ1) is 22.4. The Balaban J connectivity index is 2.22. The van der Waals surface area contributed by atoms with E-state index in [0.717, 1.165) is 17.1 Å². The van der Waals surface area contributed by atoms with Crippen molar-refractivity contribution in [3.05, 3.63) is 70.7 Å². The molecule has 0 saturated carbocycles. The van der Waals surface area contributed by atoms with Crippen LogP contribution in [0.1, 0.15) is 48.4 Å². The van der Waals surface area contributed by atoms with Crippen molar-refractivity contribution in [2.45, 2.75) is 39.3 Å². The summed E-state index contributed by atoms with van der Waals surface area (Å²) in [4.78, 5) is 28.6. The molecule has 3 aromatic rings. The summed E-state index contributed by atoms with van der Waals surface area (Å²) in [6, 6.07) is 13.7. The quantitative estimate of drug-likeness (QED) is 0.625. The van der Waals surface area contributed by atoms with Gasteiger partial charge in [0.2, 0.25) is 5.91 Å². The third-order valence-electron chi connectivity index (χ3n) is 4.54. The standard InChI is InChI=1S/C23H26N4O3S/c1-15-10-12-16(13-11-15)20(21(28)24-23(2,3)4)27(22(29)17-14-31-26-25-17)18-8-6-7-9-19(18)30-5/h6-14,20H,1-5H3,(H,24,28)/t20-/m0/s1. The molecule has 1 N–H and O–H groups in total. The number of benzene rings is 2. The summed E-state index contributed by atoms with van der Waals surface area (Å²) in [7, 11) is 1.53. The fourth-order valence-electron chi connectivity index (χ4n) is 3.18. The van der Waals surface area contributed by atoms with E-state index >= 15 is 0 Å². The molecule has 1 heterocycles. The first-order valence-corrected chi connectivity index (χ1v) is 10.7. The zero-order valence-electron chi connectivity index (χ0n) is 18.2. The zero-order chi connectivity index (χ0) is 22.6. The molecule has 31 heavy (non-hydrogen) atoms. The van der Waals surface area contributed by atoms with Crippen molar-refractivity contribution < 1.29 is 14.3 Å². The van der Waals surface area contributed by atoms with Crippen LogP contribution in [0, 0.1) is 6.92 Å². The summed E-state index contributed by atoms with van der Waals surface area (Å²) < 4.78 is 9.34. The molecule has 0 aliphatic heterocycles. The number of amides is 2. The van der Waals surface area contributed by atoms with E-state index in [9.17, 15) is 9.59 Å². The van der Waals surface area contributed by atoms with Crippen LogP contribution >= 0.6 is 11.5 Å². The predicted octanol–water partition coefficient (Wildman–Crippen LogP) is 4.16. The summed E-state index contributed by atoms with van der Waals surface area (Å²) in [5, 5.41) is 8.53. The van der Waals surface area contributed by atoms with E-state index in [-0.39, 0.29) is 11.6 Å². The molecule has 0 spiro atoms. The van der Waals surface area contributed by atoms with Gasteiger partial charge in [0.1, 0.15) is 11.8 Å². The number of hydrogen-bond donors (Lipinski definition) is 1. The van der Waals surface area contributed by atoms with Crippen LogP contribution in [-0.2, 0) is 4.79 Å². The number of nitrogens with one attached hydrogen (secondary N) is 1. The zero-order valence-corrected chi connectivity index (χ0v) is 19.1. The molecule has 0 fully saturated rings. The lowest BCUT2D eigenvalue weighted by Crippen LogP contribution is -2.49. The van der Waals surface area contributed by atoms with Crippen molar-refractivity contribution in [1.82, 2.24) is 14.9 Å². The van der Waals surface area contributed by atoms with E-state index in [1.807, 2.05) is 58.0 Å². The summed E-state index contributed by atoms with van der Waals surface area (Å²) in [5.74, 6) is -0.272. The second kappa shape index (κ2) is 9.26. The summed E-state index contributed by atoms with van der Waals surface area (Å²) in [5.41, 5.74) is 1.87. The monoisotopic (exact) mass is 438 g/mol. The minimum Gasteiger partial charge on any atom is -0.495 e. The number of carbonyl (C=O) groups excluding carboxylic acids is 2. The van der Waals surface area contributed by atoms with Crippen LogP contribution in [0.4, 0.5) is 5.69 Å². The number of aromatic nitrogens is 2. The van der Waals surface area contributed by atoms with Gasteiger partial charge in [0.05, 0.1) is 12.8 Å². The van der Waals surface area contributed by atoms with Crippen LogP contribution in [0.15, 0.2) is 53.9 Å². The summed E-state index contributed by atoms with van der Waals surface area (Å²) >= 11 is 1.08.